The Bertz CT molecular complexity index is 1210. The normalized spacial score (nSPS) is 18.6. The van der Waals surface area contributed by atoms with Gasteiger partial charge in [0.15, 0.2) is 6.61 Å². The van der Waals surface area contributed by atoms with Crippen molar-refractivity contribution >= 4 is 21.8 Å². The van der Waals surface area contributed by atoms with Crippen molar-refractivity contribution in [1.82, 2.24) is 4.31 Å². The monoisotopic (exact) mass is 547 g/mol. The quantitative estimate of drug-likeness (QED) is 0.244. The lowest BCUT2D eigenvalue weighted by molar-refractivity contribution is -0.0545. The molecule has 8 nitrogen and oxygen atoms in total. The van der Waals surface area contributed by atoms with Gasteiger partial charge >= 0.3 is 19.2 Å². The van der Waals surface area contributed by atoms with E-state index in [4.69, 9.17) is 4.74 Å². The van der Waals surface area contributed by atoms with E-state index in [0.717, 1.165) is 18.6 Å². The summed E-state index contributed by atoms with van der Waals surface area (Å²) in [4.78, 5) is 24.8. The molecule has 0 saturated carbocycles. The van der Waals surface area contributed by atoms with Crippen LogP contribution in [0.2, 0.25) is 0 Å². The SMILES string of the molecule is C[C@@H]1C[C@H](C)CN(S(=O)(=O)c2ccc(C(=O)OCC(=O)c3ccc(OC(F)F)cc3OC(F)F)cc2)C1. The fourth-order valence-corrected chi connectivity index (χ4v) is 5.79. The van der Waals surface area contributed by atoms with Gasteiger partial charge in [-0.25, -0.2) is 13.2 Å². The first kappa shape index (κ1) is 28.4. The van der Waals surface area contributed by atoms with Crippen LogP contribution in [-0.2, 0) is 14.8 Å². The summed E-state index contributed by atoms with van der Waals surface area (Å²) in [7, 11) is -3.76. The molecular formula is C24H25F4NO7S. The summed E-state index contributed by atoms with van der Waals surface area (Å²) in [6.07, 6.45) is 0.929. The molecule has 13 heteroatoms. The van der Waals surface area contributed by atoms with Gasteiger partial charge in [-0.1, -0.05) is 13.8 Å². The Morgan fingerprint density at radius 1 is 0.946 bits per heavy atom. The molecule has 0 unspecified atom stereocenters. The zero-order chi connectivity index (χ0) is 27.3. The van der Waals surface area contributed by atoms with E-state index < -0.39 is 58.7 Å². The number of nitrogens with zero attached hydrogens (tertiary/aromatic N) is 1. The minimum Gasteiger partial charge on any atom is -0.454 e. The molecule has 0 amide bonds. The van der Waals surface area contributed by atoms with Crippen LogP contribution in [0.5, 0.6) is 11.5 Å². The number of piperidine rings is 1. The summed E-state index contributed by atoms with van der Waals surface area (Å²) in [6, 6.07) is 7.55. The molecule has 1 aliphatic rings. The number of carbonyl (C=O) groups excluding carboxylic acids is 2. The van der Waals surface area contributed by atoms with Crippen LogP contribution in [0.4, 0.5) is 17.6 Å². The lowest BCUT2D eigenvalue weighted by atomic mass is 9.94. The fraction of sp³-hybridized carbons (Fsp3) is 0.417. The molecule has 0 aliphatic carbocycles. The Morgan fingerprint density at radius 3 is 2.11 bits per heavy atom. The number of hydrogen-bond acceptors (Lipinski definition) is 7. The molecule has 1 fully saturated rings. The number of hydrogen-bond donors (Lipinski definition) is 0. The first-order chi connectivity index (χ1) is 17.4. The molecule has 0 spiro atoms. The largest absolute Gasteiger partial charge is 0.454 e. The number of alkyl halides is 4. The summed E-state index contributed by atoms with van der Waals surface area (Å²) in [5, 5.41) is 0. The zero-order valence-electron chi connectivity index (χ0n) is 19.9. The van der Waals surface area contributed by atoms with Crippen LogP contribution in [0.15, 0.2) is 47.4 Å². The molecule has 3 rings (SSSR count). The molecular weight excluding hydrogens is 522 g/mol. The van der Waals surface area contributed by atoms with Crippen LogP contribution in [0.1, 0.15) is 41.0 Å². The molecule has 0 N–H and O–H groups in total. The van der Waals surface area contributed by atoms with E-state index in [1.54, 1.807) is 0 Å². The van der Waals surface area contributed by atoms with Crippen LogP contribution in [0.25, 0.3) is 0 Å². The van der Waals surface area contributed by atoms with Crippen molar-refractivity contribution in [3.8, 4) is 11.5 Å². The van der Waals surface area contributed by atoms with Crippen LogP contribution >= 0.6 is 0 Å². The number of Topliss-reactive ketones (excluding diaryl/α,β-unsaturated/α-hetero) is 1. The van der Waals surface area contributed by atoms with Crippen molar-refractivity contribution in [3.63, 3.8) is 0 Å². The van der Waals surface area contributed by atoms with E-state index in [0.29, 0.717) is 19.2 Å². The highest BCUT2D eigenvalue weighted by atomic mass is 32.2. The Hall–Kier alpha value is -3.19. The minimum absolute atomic E-state index is 0.00122. The van der Waals surface area contributed by atoms with Crippen LogP contribution in [0, 0.1) is 11.8 Å². The fourth-order valence-electron chi connectivity index (χ4n) is 4.11. The van der Waals surface area contributed by atoms with Gasteiger partial charge in [-0.15, -0.1) is 0 Å². The van der Waals surface area contributed by atoms with E-state index in [-0.39, 0.29) is 22.3 Å². The molecule has 1 heterocycles. The molecule has 2 aromatic carbocycles. The van der Waals surface area contributed by atoms with Gasteiger partial charge < -0.3 is 14.2 Å². The second-order valence-electron chi connectivity index (χ2n) is 8.71. The summed E-state index contributed by atoms with van der Waals surface area (Å²) in [5.74, 6) is -2.73. The van der Waals surface area contributed by atoms with Crippen molar-refractivity contribution in [2.24, 2.45) is 11.8 Å². The third-order valence-corrected chi connectivity index (χ3v) is 7.44. The molecule has 37 heavy (non-hydrogen) atoms. The van der Waals surface area contributed by atoms with E-state index in [1.807, 2.05) is 13.8 Å². The maximum atomic E-state index is 13.0. The van der Waals surface area contributed by atoms with E-state index >= 15 is 0 Å². The van der Waals surface area contributed by atoms with Crippen molar-refractivity contribution in [1.29, 1.82) is 0 Å². The van der Waals surface area contributed by atoms with Gasteiger partial charge in [-0.2, -0.15) is 21.9 Å². The molecule has 0 radical (unpaired) electrons. The average molecular weight is 548 g/mol. The second kappa shape index (κ2) is 11.9. The Morgan fingerprint density at radius 2 is 1.54 bits per heavy atom. The molecule has 202 valence electrons. The number of sulfonamides is 1. The number of benzene rings is 2. The first-order valence-electron chi connectivity index (χ1n) is 11.2. The second-order valence-corrected chi connectivity index (χ2v) is 10.6. The molecule has 1 saturated heterocycles. The lowest BCUT2D eigenvalue weighted by Gasteiger charge is -2.34. The molecule has 1 aliphatic heterocycles. The third kappa shape index (κ3) is 7.41. The van der Waals surface area contributed by atoms with Crippen molar-refractivity contribution in [2.75, 3.05) is 19.7 Å². The van der Waals surface area contributed by atoms with Crippen LogP contribution in [0.3, 0.4) is 0 Å². The molecule has 2 aromatic rings. The van der Waals surface area contributed by atoms with Gasteiger partial charge in [0.05, 0.1) is 16.0 Å². The van der Waals surface area contributed by atoms with Crippen molar-refractivity contribution < 1.29 is 49.8 Å². The van der Waals surface area contributed by atoms with Gasteiger partial charge in [0.25, 0.3) is 0 Å². The van der Waals surface area contributed by atoms with E-state index in [2.05, 4.69) is 9.47 Å². The predicted molar refractivity (Wildman–Crippen MR) is 122 cm³/mol. The van der Waals surface area contributed by atoms with Crippen molar-refractivity contribution in [2.45, 2.75) is 38.4 Å². The number of halogens is 4. The Labute approximate surface area is 211 Å². The number of ketones is 1. The summed E-state index contributed by atoms with van der Waals surface area (Å²) in [5.41, 5.74) is -0.488. The highest BCUT2D eigenvalue weighted by Crippen LogP contribution is 2.29. The van der Waals surface area contributed by atoms with E-state index in [9.17, 15) is 35.6 Å². The maximum absolute atomic E-state index is 13.0. The Kier molecular flexibility index (Phi) is 9.13. The number of carbonyl (C=O) groups is 2. The average Bonchev–Trinajstić information content (AvgIpc) is 2.81. The zero-order valence-corrected chi connectivity index (χ0v) is 20.7. The predicted octanol–water partition coefficient (Wildman–Crippen LogP) is 4.60. The minimum atomic E-state index is -3.76. The summed E-state index contributed by atoms with van der Waals surface area (Å²) >= 11 is 0. The topological polar surface area (TPSA) is 99.2 Å². The summed E-state index contributed by atoms with van der Waals surface area (Å²) in [6.45, 7) is -2.72. The standard InChI is InChI=1S/C24H25F4NO7S/c1-14-9-15(2)12-29(11-14)37(32,33)18-6-3-16(4-7-18)22(31)34-13-20(30)19-8-5-17(35-23(25)26)10-21(19)36-24(27)28/h3-8,10,14-15,23-24H,9,11-13H2,1-2H3/t14-,15+. The number of rotatable bonds is 10. The number of ether oxygens (including phenoxy) is 3. The van der Waals surface area contributed by atoms with Crippen LogP contribution in [-0.4, -0.2) is 57.4 Å². The van der Waals surface area contributed by atoms with Gasteiger partial charge in [0, 0.05) is 19.2 Å². The molecule has 2 atom stereocenters. The highest BCUT2D eigenvalue weighted by molar-refractivity contribution is 7.89. The smallest absolute Gasteiger partial charge is 0.387 e. The van der Waals surface area contributed by atoms with E-state index in [1.165, 1.54) is 28.6 Å². The summed E-state index contributed by atoms with van der Waals surface area (Å²) < 4.78 is 90.8. The van der Waals surface area contributed by atoms with Gasteiger partial charge in [0.1, 0.15) is 11.5 Å². The third-order valence-electron chi connectivity index (χ3n) is 5.59. The maximum Gasteiger partial charge on any atom is 0.387 e. The van der Waals surface area contributed by atoms with Crippen molar-refractivity contribution in [3.05, 3.63) is 53.6 Å². The van der Waals surface area contributed by atoms with Gasteiger partial charge in [-0.3, -0.25) is 4.79 Å². The molecule has 0 bridgehead atoms. The van der Waals surface area contributed by atoms with Crippen LogP contribution < -0.4 is 9.47 Å². The Balaban J connectivity index is 1.67. The van der Waals surface area contributed by atoms with Gasteiger partial charge in [-0.05, 0) is 54.7 Å². The first-order valence-corrected chi connectivity index (χ1v) is 12.6. The lowest BCUT2D eigenvalue weighted by Crippen LogP contribution is -2.42. The highest BCUT2D eigenvalue weighted by Gasteiger charge is 2.31. The van der Waals surface area contributed by atoms with Gasteiger partial charge in [0.2, 0.25) is 15.8 Å². The number of esters is 1. The molecule has 0 aromatic heterocycles.